The lowest BCUT2D eigenvalue weighted by molar-refractivity contribution is -0.139. The van der Waals surface area contributed by atoms with Gasteiger partial charge < -0.3 is 4.74 Å². The Morgan fingerprint density at radius 2 is 2.00 bits per heavy atom. The van der Waals surface area contributed by atoms with E-state index in [1.807, 2.05) is 0 Å². The summed E-state index contributed by atoms with van der Waals surface area (Å²) in [6.45, 7) is 8.28. The van der Waals surface area contributed by atoms with Gasteiger partial charge in [-0.1, -0.05) is 45.4 Å². The minimum Gasteiger partial charge on any atom is -0.462 e. The van der Waals surface area contributed by atoms with E-state index in [4.69, 9.17) is 4.74 Å². The minimum atomic E-state index is -0.304. The van der Waals surface area contributed by atoms with Crippen LogP contribution in [0, 0.1) is 5.92 Å². The molecule has 0 heterocycles. The molecule has 0 aromatic rings. The third kappa shape index (κ3) is 10.1. The summed E-state index contributed by atoms with van der Waals surface area (Å²) in [6, 6.07) is 0. The van der Waals surface area contributed by atoms with Crippen LogP contribution in [0.5, 0.6) is 0 Å². The van der Waals surface area contributed by atoms with Gasteiger partial charge in [0.2, 0.25) is 0 Å². The largest absolute Gasteiger partial charge is 0.462 e. The summed E-state index contributed by atoms with van der Waals surface area (Å²) < 4.78 is 5.13. The predicted molar refractivity (Wildman–Crippen MR) is 77.5 cm³/mol. The zero-order chi connectivity index (χ0) is 13.6. The van der Waals surface area contributed by atoms with Crippen LogP contribution in [0.1, 0.15) is 58.8 Å². The highest BCUT2D eigenvalue weighted by Gasteiger charge is 2.09. The Morgan fingerprint density at radius 3 is 2.61 bits per heavy atom. The molecule has 2 nitrogen and oxygen atoms in total. The Morgan fingerprint density at radius 1 is 1.22 bits per heavy atom. The van der Waals surface area contributed by atoms with Crippen molar-refractivity contribution in [3.05, 3.63) is 24.8 Å². The van der Waals surface area contributed by atoms with E-state index in [2.05, 4.69) is 32.6 Å². The fourth-order valence-electron chi connectivity index (χ4n) is 1.96. The molecule has 1 unspecified atom stereocenters. The van der Waals surface area contributed by atoms with Crippen molar-refractivity contribution in [2.75, 3.05) is 6.61 Å². The lowest BCUT2D eigenvalue weighted by Gasteiger charge is -2.15. The second-order valence-corrected chi connectivity index (χ2v) is 4.65. The lowest BCUT2D eigenvalue weighted by Crippen LogP contribution is -2.12. The van der Waals surface area contributed by atoms with Crippen molar-refractivity contribution < 1.29 is 9.53 Å². The minimum absolute atomic E-state index is 0.304. The Labute approximate surface area is 112 Å². The number of ether oxygens (including phenoxy) is 1. The molecule has 0 rings (SSSR count). The maximum absolute atomic E-state index is 11.0. The van der Waals surface area contributed by atoms with Gasteiger partial charge >= 0.3 is 5.97 Å². The Kier molecular flexibility index (Phi) is 11.7. The summed E-state index contributed by atoms with van der Waals surface area (Å²) in [7, 11) is 0. The average Bonchev–Trinajstić information content (AvgIpc) is 2.39. The van der Waals surface area contributed by atoms with Crippen molar-refractivity contribution >= 4 is 5.97 Å². The van der Waals surface area contributed by atoms with Crippen LogP contribution in [0.15, 0.2) is 24.8 Å². The number of carbonyl (C=O) groups excluding carboxylic acids is 1. The molecule has 0 amide bonds. The fraction of sp³-hybridized carbons (Fsp3) is 0.688. The van der Waals surface area contributed by atoms with E-state index < -0.39 is 0 Å². The number of unbranched alkanes of at least 4 members (excludes halogenated alkanes) is 2. The molecule has 0 aromatic carbocycles. The molecule has 0 radical (unpaired) electrons. The van der Waals surface area contributed by atoms with Gasteiger partial charge in [-0.25, -0.2) is 4.79 Å². The van der Waals surface area contributed by atoms with E-state index >= 15 is 0 Å². The predicted octanol–water partition coefficient (Wildman–Crippen LogP) is 4.66. The van der Waals surface area contributed by atoms with Gasteiger partial charge in [-0.05, 0) is 38.0 Å². The van der Waals surface area contributed by atoms with Gasteiger partial charge in [0.05, 0.1) is 6.61 Å². The van der Waals surface area contributed by atoms with Gasteiger partial charge in [-0.15, -0.1) is 0 Å². The zero-order valence-corrected chi connectivity index (χ0v) is 12.0. The number of carbonyl (C=O) groups is 1. The molecule has 2 heteroatoms. The summed E-state index contributed by atoms with van der Waals surface area (Å²) in [5, 5.41) is 0. The first-order chi connectivity index (χ1) is 8.74. The first-order valence-electron chi connectivity index (χ1n) is 7.18. The molecule has 0 bridgehead atoms. The molecule has 0 saturated heterocycles. The summed E-state index contributed by atoms with van der Waals surface area (Å²) >= 11 is 0. The first kappa shape index (κ1) is 16.9. The van der Waals surface area contributed by atoms with Crippen LogP contribution in [0.2, 0.25) is 0 Å². The third-order valence-electron chi connectivity index (χ3n) is 2.96. The van der Waals surface area contributed by atoms with Gasteiger partial charge in [-0.2, -0.15) is 0 Å². The van der Waals surface area contributed by atoms with Crippen molar-refractivity contribution in [1.82, 2.24) is 0 Å². The van der Waals surface area contributed by atoms with Gasteiger partial charge in [0.25, 0.3) is 0 Å². The van der Waals surface area contributed by atoms with Crippen LogP contribution < -0.4 is 0 Å². The number of esters is 1. The maximum Gasteiger partial charge on any atom is 0.330 e. The van der Waals surface area contributed by atoms with Crippen molar-refractivity contribution in [1.29, 1.82) is 0 Å². The first-order valence-corrected chi connectivity index (χ1v) is 7.18. The van der Waals surface area contributed by atoms with Crippen molar-refractivity contribution in [3.8, 4) is 0 Å². The van der Waals surface area contributed by atoms with E-state index in [9.17, 15) is 4.79 Å². The highest BCUT2D eigenvalue weighted by molar-refractivity contribution is 5.81. The molecule has 0 saturated carbocycles. The van der Waals surface area contributed by atoms with E-state index in [1.54, 1.807) is 0 Å². The second-order valence-electron chi connectivity index (χ2n) is 4.65. The second kappa shape index (κ2) is 12.4. The molecule has 0 N–H and O–H groups in total. The van der Waals surface area contributed by atoms with Crippen LogP contribution in [0.25, 0.3) is 0 Å². The van der Waals surface area contributed by atoms with Crippen LogP contribution >= 0.6 is 0 Å². The highest BCUT2D eigenvalue weighted by atomic mass is 16.5. The molecule has 18 heavy (non-hydrogen) atoms. The molecular weight excluding hydrogens is 224 g/mol. The Bertz CT molecular complexity index is 243. The summed E-state index contributed by atoms with van der Waals surface area (Å²) in [4.78, 5) is 11.0. The quantitative estimate of drug-likeness (QED) is 0.231. The van der Waals surface area contributed by atoms with E-state index in [-0.39, 0.29) is 5.97 Å². The molecule has 1 atom stereocenters. The van der Waals surface area contributed by atoms with E-state index in [1.165, 1.54) is 25.3 Å². The van der Waals surface area contributed by atoms with Gasteiger partial charge in [0.1, 0.15) is 0 Å². The number of rotatable bonds is 11. The smallest absolute Gasteiger partial charge is 0.330 e. The van der Waals surface area contributed by atoms with Crippen LogP contribution in [0.3, 0.4) is 0 Å². The maximum atomic E-state index is 11.0. The van der Waals surface area contributed by atoms with Crippen LogP contribution in [-0.4, -0.2) is 12.6 Å². The Hall–Kier alpha value is -1.05. The summed E-state index contributed by atoms with van der Waals surface area (Å²) in [6.07, 6.45) is 13.9. The van der Waals surface area contributed by atoms with Crippen LogP contribution in [0.4, 0.5) is 0 Å². The zero-order valence-electron chi connectivity index (χ0n) is 12.0. The molecule has 0 aliphatic rings. The van der Waals surface area contributed by atoms with Gasteiger partial charge in [-0.3, -0.25) is 0 Å². The van der Waals surface area contributed by atoms with E-state index in [0.29, 0.717) is 12.5 Å². The standard InChI is InChI=1S/C16H28O2/c1-4-7-8-9-10-11-13-15(12-5-2)14-18-16(17)6-3/h6-8,15H,3-5,9-14H2,1-2H3. The van der Waals surface area contributed by atoms with E-state index in [0.717, 1.165) is 25.7 Å². The molecule has 104 valence electrons. The molecule has 0 aromatic heterocycles. The summed E-state index contributed by atoms with van der Waals surface area (Å²) in [5.41, 5.74) is 0. The van der Waals surface area contributed by atoms with Crippen molar-refractivity contribution in [3.63, 3.8) is 0 Å². The topological polar surface area (TPSA) is 26.3 Å². The number of hydrogen-bond donors (Lipinski definition) is 0. The summed E-state index contributed by atoms with van der Waals surface area (Å²) in [5.74, 6) is 0.205. The lowest BCUT2D eigenvalue weighted by atomic mass is 9.97. The van der Waals surface area contributed by atoms with Crippen molar-refractivity contribution in [2.24, 2.45) is 5.92 Å². The van der Waals surface area contributed by atoms with Gasteiger partial charge in [0.15, 0.2) is 0 Å². The monoisotopic (exact) mass is 252 g/mol. The Balaban J connectivity index is 3.71. The number of hydrogen-bond acceptors (Lipinski definition) is 2. The molecule has 0 spiro atoms. The highest BCUT2D eigenvalue weighted by Crippen LogP contribution is 2.16. The third-order valence-corrected chi connectivity index (χ3v) is 2.96. The van der Waals surface area contributed by atoms with Crippen molar-refractivity contribution in [2.45, 2.75) is 58.8 Å². The molecule has 0 aliphatic heterocycles. The van der Waals surface area contributed by atoms with Crippen LogP contribution in [-0.2, 0) is 9.53 Å². The fourth-order valence-corrected chi connectivity index (χ4v) is 1.96. The normalized spacial score (nSPS) is 12.6. The van der Waals surface area contributed by atoms with Gasteiger partial charge in [0, 0.05) is 6.08 Å². The molecular formula is C16H28O2. The average molecular weight is 252 g/mol. The number of allylic oxidation sites excluding steroid dienone is 2. The molecule has 0 aliphatic carbocycles. The SMILES string of the molecule is C=CC(=O)OCC(CCC)CCCCC=CCC. The molecule has 0 fully saturated rings.